The number of nitrogens with one attached hydrogen (secondary N) is 1. The zero-order chi connectivity index (χ0) is 16.4. The van der Waals surface area contributed by atoms with Gasteiger partial charge in [-0.05, 0) is 36.5 Å². The Balaban J connectivity index is 1.79. The van der Waals surface area contributed by atoms with Crippen LogP contribution in [-0.2, 0) is 0 Å². The van der Waals surface area contributed by atoms with Gasteiger partial charge in [0.15, 0.2) is 0 Å². The summed E-state index contributed by atoms with van der Waals surface area (Å²) in [6.07, 6.45) is 1.18. The van der Waals surface area contributed by atoms with E-state index in [0.717, 1.165) is 30.1 Å². The summed E-state index contributed by atoms with van der Waals surface area (Å²) in [5.74, 6) is 1.90. The van der Waals surface area contributed by atoms with Crippen molar-refractivity contribution in [2.24, 2.45) is 11.8 Å². The fourth-order valence-corrected chi connectivity index (χ4v) is 3.36. The summed E-state index contributed by atoms with van der Waals surface area (Å²) in [5, 5.41) is 7.17. The average Bonchev–Trinajstić information content (AvgIpc) is 3.03. The Labute approximate surface area is 136 Å². The summed E-state index contributed by atoms with van der Waals surface area (Å²) in [7, 11) is 1.64. The highest BCUT2D eigenvalue weighted by atomic mass is 16.5. The number of H-pyrrole nitrogens is 1. The van der Waals surface area contributed by atoms with Crippen LogP contribution in [0.4, 0.5) is 0 Å². The number of piperidine rings is 1. The topological polar surface area (TPSA) is 58.2 Å². The van der Waals surface area contributed by atoms with Crippen LogP contribution in [0, 0.1) is 11.8 Å². The highest BCUT2D eigenvalue weighted by Crippen LogP contribution is 2.25. The molecular weight excluding hydrogens is 290 g/mol. The van der Waals surface area contributed by atoms with Crippen molar-refractivity contribution in [2.75, 3.05) is 20.2 Å². The molecular formula is C18H23N3O2. The standard InChI is InChI=1S/C18H23N3O2/c1-12-7-13(2)11-21(10-12)18(22)17-9-16(19-20-17)14-5-4-6-15(8-14)23-3/h4-6,8-9,12-13H,7,10-11H2,1-3H3,(H,19,20). The van der Waals surface area contributed by atoms with Crippen molar-refractivity contribution in [3.63, 3.8) is 0 Å². The third-order valence-corrected chi connectivity index (χ3v) is 4.33. The Kier molecular flexibility index (Phi) is 4.37. The van der Waals surface area contributed by atoms with E-state index in [4.69, 9.17) is 4.74 Å². The van der Waals surface area contributed by atoms with E-state index in [1.807, 2.05) is 35.2 Å². The second-order valence-electron chi connectivity index (χ2n) is 6.55. The summed E-state index contributed by atoms with van der Waals surface area (Å²) < 4.78 is 5.24. The molecule has 2 atom stereocenters. The van der Waals surface area contributed by atoms with Crippen LogP contribution in [0.3, 0.4) is 0 Å². The number of rotatable bonds is 3. The molecule has 0 aliphatic carbocycles. The molecule has 0 spiro atoms. The quantitative estimate of drug-likeness (QED) is 0.946. The fraction of sp³-hybridized carbons (Fsp3) is 0.444. The minimum Gasteiger partial charge on any atom is -0.497 e. The van der Waals surface area contributed by atoms with E-state index in [2.05, 4.69) is 24.0 Å². The maximum atomic E-state index is 12.7. The minimum atomic E-state index is 0.0325. The molecule has 23 heavy (non-hydrogen) atoms. The number of likely N-dealkylation sites (tertiary alicyclic amines) is 1. The molecule has 1 fully saturated rings. The van der Waals surface area contributed by atoms with Gasteiger partial charge in [-0.3, -0.25) is 9.89 Å². The van der Waals surface area contributed by atoms with Crippen LogP contribution in [0.15, 0.2) is 30.3 Å². The van der Waals surface area contributed by atoms with Gasteiger partial charge in [0.2, 0.25) is 0 Å². The van der Waals surface area contributed by atoms with Crippen molar-refractivity contribution in [1.82, 2.24) is 15.1 Å². The molecule has 1 aromatic carbocycles. The maximum absolute atomic E-state index is 12.7. The molecule has 1 saturated heterocycles. The van der Waals surface area contributed by atoms with Crippen LogP contribution >= 0.6 is 0 Å². The second kappa shape index (κ2) is 6.44. The first-order chi connectivity index (χ1) is 11.1. The molecule has 2 unspecified atom stereocenters. The summed E-state index contributed by atoms with van der Waals surface area (Å²) in [5.41, 5.74) is 2.23. The van der Waals surface area contributed by atoms with Crippen LogP contribution in [0.5, 0.6) is 5.75 Å². The molecule has 2 heterocycles. The molecule has 1 aliphatic heterocycles. The molecule has 5 heteroatoms. The Hall–Kier alpha value is -2.30. The summed E-state index contributed by atoms with van der Waals surface area (Å²) in [6.45, 7) is 6.03. The molecule has 122 valence electrons. The van der Waals surface area contributed by atoms with Gasteiger partial charge in [-0.15, -0.1) is 0 Å². The number of aromatic nitrogens is 2. The molecule has 0 bridgehead atoms. The molecule has 1 N–H and O–H groups in total. The summed E-state index contributed by atoms with van der Waals surface area (Å²) >= 11 is 0. The van der Waals surface area contributed by atoms with E-state index >= 15 is 0 Å². The summed E-state index contributed by atoms with van der Waals surface area (Å²) in [6, 6.07) is 9.49. The number of nitrogens with zero attached hydrogens (tertiary/aromatic N) is 2. The van der Waals surface area contributed by atoms with E-state index in [1.54, 1.807) is 7.11 Å². The molecule has 5 nitrogen and oxygen atoms in total. The van der Waals surface area contributed by atoms with Gasteiger partial charge in [0.1, 0.15) is 11.4 Å². The SMILES string of the molecule is COc1cccc(-c2cc(C(=O)N3CC(C)CC(C)C3)[nH]n2)c1. The van der Waals surface area contributed by atoms with Gasteiger partial charge in [-0.2, -0.15) is 5.10 Å². The number of ether oxygens (including phenoxy) is 1. The van der Waals surface area contributed by atoms with E-state index in [9.17, 15) is 4.79 Å². The molecule has 2 aromatic rings. The number of hydrogen-bond acceptors (Lipinski definition) is 3. The monoisotopic (exact) mass is 313 g/mol. The van der Waals surface area contributed by atoms with E-state index in [1.165, 1.54) is 6.42 Å². The first-order valence-electron chi connectivity index (χ1n) is 8.06. The third kappa shape index (κ3) is 3.38. The van der Waals surface area contributed by atoms with E-state index in [0.29, 0.717) is 17.5 Å². The van der Waals surface area contributed by atoms with Gasteiger partial charge < -0.3 is 9.64 Å². The highest BCUT2D eigenvalue weighted by Gasteiger charge is 2.27. The normalized spacial score (nSPS) is 21.3. The van der Waals surface area contributed by atoms with Crippen LogP contribution in [0.2, 0.25) is 0 Å². The Bertz CT molecular complexity index is 685. The minimum absolute atomic E-state index is 0.0325. The van der Waals surface area contributed by atoms with Crippen LogP contribution in [0.1, 0.15) is 30.8 Å². The third-order valence-electron chi connectivity index (χ3n) is 4.33. The zero-order valence-electron chi connectivity index (χ0n) is 13.9. The van der Waals surface area contributed by atoms with Crippen molar-refractivity contribution in [2.45, 2.75) is 20.3 Å². The van der Waals surface area contributed by atoms with E-state index in [-0.39, 0.29) is 5.91 Å². The van der Waals surface area contributed by atoms with Gasteiger partial charge in [-0.25, -0.2) is 0 Å². The number of carbonyl (C=O) groups excluding carboxylic acids is 1. The lowest BCUT2D eigenvalue weighted by atomic mass is 9.92. The number of hydrogen-bond donors (Lipinski definition) is 1. The number of benzene rings is 1. The molecule has 0 saturated carbocycles. The second-order valence-corrected chi connectivity index (χ2v) is 6.55. The van der Waals surface area contributed by atoms with Crippen LogP contribution in [-0.4, -0.2) is 41.2 Å². The van der Waals surface area contributed by atoms with Crippen molar-refractivity contribution in [1.29, 1.82) is 0 Å². The predicted molar refractivity (Wildman–Crippen MR) is 89.4 cm³/mol. The predicted octanol–water partition coefficient (Wildman–Crippen LogP) is 3.20. The van der Waals surface area contributed by atoms with Gasteiger partial charge in [0.05, 0.1) is 12.8 Å². The van der Waals surface area contributed by atoms with Crippen LogP contribution in [0.25, 0.3) is 11.3 Å². The number of methoxy groups -OCH3 is 1. The van der Waals surface area contributed by atoms with Gasteiger partial charge in [0.25, 0.3) is 5.91 Å². The molecule has 1 aliphatic rings. The molecule has 1 amide bonds. The van der Waals surface area contributed by atoms with Crippen molar-refractivity contribution >= 4 is 5.91 Å². The number of aromatic amines is 1. The lowest BCUT2D eigenvalue weighted by Gasteiger charge is -2.34. The maximum Gasteiger partial charge on any atom is 0.271 e. The lowest BCUT2D eigenvalue weighted by molar-refractivity contribution is 0.0617. The Morgan fingerprint density at radius 2 is 2.00 bits per heavy atom. The molecule has 1 aromatic heterocycles. The number of carbonyl (C=O) groups is 1. The van der Waals surface area contributed by atoms with Crippen LogP contribution < -0.4 is 4.74 Å². The molecule has 3 rings (SSSR count). The first-order valence-corrected chi connectivity index (χ1v) is 8.06. The van der Waals surface area contributed by atoms with Gasteiger partial charge in [-0.1, -0.05) is 26.0 Å². The Morgan fingerprint density at radius 1 is 1.26 bits per heavy atom. The smallest absolute Gasteiger partial charge is 0.271 e. The van der Waals surface area contributed by atoms with Crippen molar-refractivity contribution in [3.05, 3.63) is 36.0 Å². The fourth-order valence-electron chi connectivity index (χ4n) is 3.36. The van der Waals surface area contributed by atoms with Gasteiger partial charge in [0, 0.05) is 18.7 Å². The van der Waals surface area contributed by atoms with Crippen molar-refractivity contribution < 1.29 is 9.53 Å². The number of amides is 1. The lowest BCUT2D eigenvalue weighted by Crippen LogP contribution is -2.42. The molecule has 0 radical (unpaired) electrons. The summed E-state index contributed by atoms with van der Waals surface area (Å²) in [4.78, 5) is 14.6. The first kappa shape index (κ1) is 15.6. The largest absolute Gasteiger partial charge is 0.497 e. The van der Waals surface area contributed by atoms with Gasteiger partial charge >= 0.3 is 0 Å². The zero-order valence-corrected chi connectivity index (χ0v) is 13.9. The highest BCUT2D eigenvalue weighted by molar-refractivity contribution is 5.93. The average molecular weight is 313 g/mol. The Morgan fingerprint density at radius 3 is 2.70 bits per heavy atom. The van der Waals surface area contributed by atoms with Crippen molar-refractivity contribution in [3.8, 4) is 17.0 Å². The van der Waals surface area contributed by atoms with E-state index < -0.39 is 0 Å².